The molecule has 1 fully saturated rings. The van der Waals surface area contributed by atoms with Crippen molar-refractivity contribution in [3.05, 3.63) is 84.7 Å². The van der Waals surface area contributed by atoms with Crippen molar-refractivity contribution in [2.45, 2.75) is 25.4 Å². The maximum absolute atomic E-state index is 12.7. The Labute approximate surface area is 189 Å². The van der Waals surface area contributed by atoms with E-state index in [4.69, 9.17) is 4.74 Å². The van der Waals surface area contributed by atoms with Crippen LogP contribution in [0.5, 0.6) is 0 Å². The zero-order valence-corrected chi connectivity index (χ0v) is 18.3. The second-order valence-electron chi connectivity index (χ2n) is 7.76. The van der Waals surface area contributed by atoms with E-state index in [1.165, 1.54) is 12.7 Å². The predicted molar refractivity (Wildman–Crippen MR) is 128 cm³/mol. The number of anilines is 3. The Morgan fingerprint density at radius 2 is 1.66 bits per heavy atom. The van der Waals surface area contributed by atoms with Crippen LogP contribution in [0.1, 0.15) is 18.4 Å². The molecule has 2 aromatic carbocycles. The van der Waals surface area contributed by atoms with Crippen molar-refractivity contribution >= 4 is 23.2 Å². The van der Waals surface area contributed by atoms with Crippen molar-refractivity contribution in [2.24, 2.45) is 0 Å². The third kappa shape index (κ3) is 5.29. The molecule has 1 saturated heterocycles. The summed E-state index contributed by atoms with van der Waals surface area (Å²) in [6.07, 6.45) is 4.91. The number of hydrogen-bond acceptors (Lipinski definition) is 6. The van der Waals surface area contributed by atoms with E-state index in [-0.39, 0.29) is 12.1 Å². The molecule has 166 valence electrons. The first-order valence-electron chi connectivity index (χ1n) is 10.9. The molecule has 4 rings (SSSR count). The minimum atomic E-state index is -0.384. The van der Waals surface area contributed by atoms with Crippen LogP contribution < -0.4 is 15.6 Å². The van der Waals surface area contributed by atoms with Gasteiger partial charge in [-0.1, -0.05) is 42.5 Å². The SMILES string of the molecule is COC(=O)N(Nc1ccccc1NCc1ccccc1)C1CCN(c2ccncc2)CC1. The number of ether oxygens (including phenoxy) is 1. The molecule has 0 bridgehead atoms. The number of aromatic nitrogens is 1. The van der Waals surface area contributed by atoms with E-state index in [1.54, 1.807) is 5.01 Å². The summed E-state index contributed by atoms with van der Waals surface area (Å²) < 4.78 is 5.10. The number of nitrogens with zero attached hydrogens (tertiary/aromatic N) is 3. The van der Waals surface area contributed by atoms with E-state index in [2.05, 4.69) is 32.8 Å². The van der Waals surface area contributed by atoms with Gasteiger partial charge >= 0.3 is 6.09 Å². The number of benzene rings is 2. The minimum absolute atomic E-state index is 0.0303. The molecule has 0 radical (unpaired) electrons. The lowest BCUT2D eigenvalue weighted by molar-refractivity contribution is 0.110. The molecule has 0 saturated carbocycles. The highest BCUT2D eigenvalue weighted by Crippen LogP contribution is 2.27. The van der Waals surface area contributed by atoms with Crippen LogP contribution in [-0.4, -0.2) is 42.3 Å². The lowest BCUT2D eigenvalue weighted by Crippen LogP contribution is -2.50. The molecule has 2 N–H and O–H groups in total. The summed E-state index contributed by atoms with van der Waals surface area (Å²) in [6.45, 7) is 2.41. The quantitative estimate of drug-likeness (QED) is 0.526. The van der Waals surface area contributed by atoms with Crippen LogP contribution in [0.25, 0.3) is 0 Å². The number of methoxy groups -OCH3 is 1. The molecule has 0 spiro atoms. The van der Waals surface area contributed by atoms with Gasteiger partial charge in [-0.05, 0) is 42.7 Å². The summed E-state index contributed by atoms with van der Waals surface area (Å²) in [5, 5.41) is 5.10. The third-order valence-electron chi connectivity index (χ3n) is 5.72. The Hall–Kier alpha value is -3.74. The molecule has 0 unspecified atom stereocenters. The number of piperidine rings is 1. The van der Waals surface area contributed by atoms with Gasteiger partial charge in [-0.15, -0.1) is 0 Å². The highest BCUT2D eigenvalue weighted by atomic mass is 16.5. The van der Waals surface area contributed by atoms with Crippen molar-refractivity contribution in [3.8, 4) is 0 Å². The van der Waals surface area contributed by atoms with E-state index in [0.717, 1.165) is 43.0 Å². The number of carbonyl (C=O) groups excluding carboxylic acids is 1. The van der Waals surface area contributed by atoms with Gasteiger partial charge in [0.15, 0.2) is 0 Å². The van der Waals surface area contributed by atoms with E-state index in [9.17, 15) is 4.79 Å². The summed E-state index contributed by atoms with van der Waals surface area (Å²) in [5.74, 6) is 0. The summed E-state index contributed by atoms with van der Waals surface area (Å²) >= 11 is 0. The third-order valence-corrected chi connectivity index (χ3v) is 5.72. The molecule has 1 aliphatic rings. The summed E-state index contributed by atoms with van der Waals surface area (Å²) in [4.78, 5) is 19.1. The zero-order valence-electron chi connectivity index (χ0n) is 18.3. The van der Waals surface area contributed by atoms with E-state index in [0.29, 0.717) is 6.54 Å². The molecule has 7 heteroatoms. The number of hydrogen-bond donors (Lipinski definition) is 2. The largest absolute Gasteiger partial charge is 0.452 e. The van der Waals surface area contributed by atoms with Crippen molar-refractivity contribution in [1.82, 2.24) is 9.99 Å². The lowest BCUT2D eigenvalue weighted by atomic mass is 10.0. The topological polar surface area (TPSA) is 69.7 Å². The van der Waals surface area contributed by atoms with Crippen LogP contribution >= 0.6 is 0 Å². The van der Waals surface area contributed by atoms with Crippen LogP contribution in [0.4, 0.5) is 21.9 Å². The molecule has 3 aromatic rings. The van der Waals surface area contributed by atoms with Crippen molar-refractivity contribution in [2.75, 3.05) is 35.8 Å². The predicted octanol–water partition coefficient (Wildman–Crippen LogP) is 4.76. The first-order chi connectivity index (χ1) is 15.7. The lowest BCUT2D eigenvalue weighted by Gasteiger charge is -2.39. The molecule has 2 heterocycles. The highest BCUT2D eigenvalue weighted by Gasteiger charge is 2.29. The van der Waals surface area contributed by atoms with Crippen LogP contribution in [0.15, 0.2) is 79.1 Å². The molecule has 1 aromatic heterocycles. The summed E-state index contributed by atoms with van der Waals surface area (Å²) in [7, 11) is 1.42. The van der Waals surface area contributed by atoms with E-state index in [1.807, 2.05) is 67.0 Å². The number of para-hydroxylation sites is 2. The number of amides is 1. The van der Waals surface area contributed by atoms with Crippen LogP contribution in [0.3, 0.4) is 0 Å². The van der Waals surface area contributed by atoms with Gasteiger partial charge in [0.25, 0.3) is 0 Å². The number of nitrogens with one attached hydrogen (secondary N) is 2. The second kappa shape index (κ2) is 10.5. The fraction of sp³-hybridized carbons (Fsp3) is 0.280. The first kappa shape index (κ1) is 21.5. The summed E-state index contributed by atoms with van der Waals surface area (Å²) in [6, 6.07) is 22.2. The minimum Gasteiger partial charge on any atom is -0.452 e. The van der Waals surface area contributed by atoms with Gasteiger partial charge in [0.1, 0.15) is 0 Å². The Morgan fingerprint density at radius 3 is 2.34 bits per heavy atom. The van der Waals surface area contributed by atoms with E-state index < -0.39 is 0 Å². The number of carbonyl (C=O) groups is 1. The molecule has 0 atom stereocenters. The Bertz CT molecular complexity index is 991. The maximum atomic E-state index is 12.7. The van der Waals surface area contributed by atoms with Gasteiger partial charge in [0, 0.05) is 37.7 Å². The maximum Gasteiger partial charge on any atom is 0.428 e. The fourth-order valence-corrected chi connectivity index (χ4v) is 3.98. The molecule has 0 aliphatic carbocycles. The molecular weight excluding hydrogens is 402 g/mol. The Kier molecular flexibility index (Phi) is 7.07. The number of rotatable bonds is 7. The Balaban J connectivity index is 1.44. The van der Waals surface area contributed by atoms with Gasteiger partial charge in [-0.2, -0.15) is 0 Å². The number of hydrazine groups is 1. The highest BCUT2D eigenvalue weighted by molar-refractivity contribution is 5.74. The monoisotopic (exact) mass is 431 g/mol. The standard InChI is InChI=1S/C25H29N5O2/c1-32-25(31)30(22-13-17-29(18-14-22)21-11-15-26-16-12-21)28-24-10-6-5-9-23(24)27-19-20-7-3-2-4-8-20/h2-12,15-16,22,27-28H,13-14,17-19H2,1H3. The molecule has 1 aliphatic heterocycles. The molecule has 7 nitrogen and oxygen atoms in total. The van der Waals surface area contributed by atoms with Gasteiger partial charge < -0.3 is 15.0 Å². The average Bonchev–Trinajstić information content (AvgIpc) is 2.87. The smallest absolute Gasteiger partial charge is 0.428 e. The normalized spacial score (nSPS) is 14.0. The first-order valence-corrected chi connectivity index (χ1v) is 10.9. The van der Waals surface area contributed by atoms with Crippen LogP contribution in [-0.2, 0) is 11.3 Å². The number of pyridine rings is 1. The fourth-order valence-electron chi connectivity index (χ4n) is 3.98. The van der Waals surface area contributed by atoms with Crippen molar-refractivity contribution in [1.29, 1.82) is 0 Å². The van der Waals surface area contributed by atoms with E-state index >= 15 is 0 Å². The second-order valence-corrected chi connectivity index (χ2v) is 7.76. The van der Waals surface area contributed by atoms with Gasteiger partial charge in [0.05, 0.1) is 24.5 Å². The Morgan fingerprint density at radius 1 is 1.00 bits per heavy atom. The molecule has 32 heavy (non-hydrogen) atoms. The molecule has 1 amide bonds. The molecular formula is C25H29N5O2. The van der Waals surface area contributed by atoms with Gasteiger partial charge in [0.2, 0.25) is 0 Å². The van der Waals surface area contributed by atoms with Crippen LogP contribution in [0, 0.1) is 0 Å². The van der Waals surface area contributed by atoms with Crippen molar-refractivity contribution in [3.63, 3.8) is 0 Å². The van der Waals surface area contributed by atoms with Gasteiger partial charge in [-0.3, -0.25) is 10.4 Å². The summed E-state index contributed by atoms with van der Waals surface area (Å²) in [5.41, 5.74) is 7.44. The zero-order chi connectivity index (χ0) is 22.2. The average molecular weight is 432 g/mol. The van der Waals surface area contributed by atoms with Crippen LogP contribution in [0.2, 0.25) is 0 Å². The van der Waals surface area contributed by atoms with Crippen molar-refractivity contribution < 1.29 is 9.53 Å². The van der Waals surface area contributed by atoms with Gasteiger partial charge in [-0.25, -0.2) is 9.80 Å².